The van der Waals surface area contributed by atoms with E-state index in [1.165, 1.54) is 12.1 Å². The zero-order chi connectivity index (χ0) is 27.4. The van der Waals surface area contributed by atoms with Gasteiger partial charge in [0.25, 0.3) is 0 Å². The Hall–Kier alpha value is -3.67. The molecule has 1 heterocycles. The first kappa shape index (κ1) is 27.9. The number of hydrogen-bond acceptors (Lipinski definition) is 3. The van der Waals surface area contributed by atoms with Crippen molar-refractivity contribution in [3.8, 4) is 11.8 Å². The molecule has 0 aliphatic carbocycles. The van der Waals surface area contributed by atoms with E-state index in [1.807, 2.05) is 13.0 Å². The first-order chi connectivity index (χ1) is 17.5. The average molecular weight is 517 g/mol. The predicted molar refractivity (Wildman–Crippen MR) is 134 cm³/mol. The topological polar surface area (TPSA) is 53.6 Å². The summed E-state index contributed by atoms with van der Waals surface area (Å²) in [7, 11) is 0. The number of halogens is 5. The highest BCUT2D eigenvalue weighted by Gasteiger charge is 2.59. The third kappa shape index (κ3) is 5.24. The summed E-state index contributed by atoms with van der Waals surface area (Å²) >= 11 is 0. The Morgan fingerprint density at radius 1 is 1.24 bits per heavy atom. The summed E-state index contributed by atoms with van der Waals surface area (Å²) < 4.78 is 74.4. The molecule has 3 atom stereocenters. The smallest absolute Gasteiger partial charge is 0.306 e. The molecule has 37 heavy (non-hydrogen) atoms. The molecule has 0 aliphatic rings. The van der Waals surface area contributed by atoms with Gasteiger partial charge in [0.1, 0.15) is 12.2 Å². The second-order valence-corrected chi connectivity index (χ2v) is 8.87. The van der Waals surface area contributed by atoms with Crippen LogP contribution in [0.5, 0.6) is 0 Å². The van der Waals surface area contributed by atoms with E-state index in [0.717, 1.165) is 5.56 Å². The van der Waals surface area contributed by atoms with E-state index in [-0.39, 0.29) is 12.1 Å². The normalized spacial score (nSPS) is 14.9. The lowest BCUT2D eigenvalue weighted by molar-refractivity contribution is -0.145. The van der Waals surface area contributed by atoms with Crippen molar-refractivity contribution >= 4 is 5.69 Å². The molecule has 0 aliphatic heterocycles. The lowest BCUT2D eigenvalue weighted by Gasteiger charge is -2.35. The first-order valence-electron chi connectivity index (χ1n) is 11.9. The Morgan fingerprint density at radius 2 is 1.97 bits per heavy atom. The van der Waals surface area contributed by atoms with Gasteiger partial charge in [-0.15, -0.1) is 0 Å². The van der Waals surface area contributed by atoms with Gasteiger partial charge in [0.2, 0.25) is 5.67 Å². The highest BCUT2D eigenvalue weighted by molar-refractivity contribution is 5.61. The van der Waals surface area contributed by atoms with E-state index in [0.29, 0.717) is 34.5 Å². The standard InChI is InChI=1S/C28H29F5N4/c1-5-20-15-23(28(33,25(30)10-11-29)27(31,32)6-2)14-18(3)26(20)36-19(4)21-8-9-22(17-34)24(16-21)37-13-7-12-35-37/h6-9,12-16,19,25,36H,2,5,10-11H2,1,3-4H3. The lowest BCUT2D eigenvalue weighted by atomic mass is 9.81. The van der Waals surface area contributed by atoms with E-state index in [2.05, 4.69) is 23.1 Å². The Kier molecular flexibility index (Phi) is 8.42. The van der Waals surface area contributed by atoms with Gasteiger partial charge in [0, 0.05) is 30.5 Å². The molecule has 3 rings (SSSR count). The van der Waals surface area contributed by atoms with E-state index in [4.69, 9.17) is 0 Å². The minimum absolute atomic E-state index is 0.0646. The Morgan fingerprint density at radius 3 is 2.54 bits per heavy atom. The summed E-state index contributed by atoms with van der Waals surface area (Å²) in [6.45, 7) is 6.96. The Bertz CT molecular complexity index is 1280. The highest BCUT2D eigenvalue weighted by atomic mass is 19.3. The molecule has 3 aromatic rings. The number of aryl methyl sites for hydroxylation is 2. The molecule has 0 radical (unpaired) electrons. The van der Waals surface area contributed by atoms with Crippen LogP contribution in [0.15, 0.2) is 61.4 Å². The second kappa shape index (κ2) is 11.2. The van der Waals surface area contributed by atoms with Crippen LogP contribution < -0.4 is 5.32 Å². The van der Waals surface area contributed by atoms with Gasteiger partial charge in [-0.2, -0.15) is 19.1 Å². The minimum Gasteiger partial charge on any atom is -0.378 e. The van der Waals surface area contributed by atoms with Crippen molar-refractivity contribution in [3.05, 3.63) is 89.3 Å². The fourth-order valence-electron chi connectivity index (χ4n) is 4.39. The van der Waals surface area contributed by atoms with E-state index in [1.54, 1.807) is 49.1 Å². The molecular formula is C28H29F5N4. The van der Waals surface area contributed by atoms with Crippen molar-refractivity contribution in [2.24, 2.45) is 0 Å². The summed E-state index contributed by atoms with van der Waals surface area (Å²) in [5.74, 6) is -4.26. The monoisotopic (exact) mass is 516 g/mol. The summed E-state index contributed by atoms with van der Waals surface area (Å²) in [6.07, 6.45) is -0.0504. The Balaban J connectivity index is 2.03. The number of anilines is 1. The van der Waals surface area contributed by atoms with Crippen LogP contribution in [0.2, 0.25) is 0 Å². The number of allylic oxidation sites excluding steroid dienone is 1. The molecular weight excluding hydrogens is 487 g/mol. The first-order valence-corrected chi connectivity index (χ1v) is 11.9. The molecule has 3 unspecified atom stereocenters. The number of nitrogens with zero attached hydrogens (tertiary/aromatic N) is 3. The minimum atomic E-state index is -4.26. The van der Waals surface area contributed by atoms with Gasteiger partial charge in [-0.3, -0.25) is 4.39 Å². The zero-order valence-electron chi connectivity index (χ0n) is 20.9. The van der Waals surface area contributed by atoms with Crippen molar-refractivity contribution < 1.29 is 22.0 Å². The van der Waals surface area contributed by atoms with Gasteiger partial charge in [0.15, 0.2) is 0 Å². The maximum absolute atomic E-state index is 15.9. The highest BCUT2D eigenvalue weighted by Crippen LogP contribution is 2.48. The molecule has 1 N–H and O–H groups in total. The third-order valence-electron chi connectivity index (χ3n) is 6.51. The van der Waals surface area contributed by atoms with Crippen LogP contribution in [0.1, 0.15) is 54.1 Å². The van der Waals surface area contributed by atoms with Gasteiger partial charge in [-0.25, -0.2) is 13.5 Å². The summed E-state index contributed by atoms with van der Waals surface area (Å²) in [6, 6.07) is 11.3. The summed E-state index contributed by atoms with van der Waals surface area (Å²) in [5, 5.41) is 17.0. The molecule has 0 amide bonds. The molecule has 196 valence electrons. The molecule has 0 fully saturated rings. The van der Waals surface area contributed by atoms with E-state index < -0.39 is 36.4 Å². The molecule has 0 saturated heterocycles. The number of benzene rings is 2. The molecule has 0 bridgehead atoms. The van der Waals surface area contributed by atoms with Crippen molar-refractivity contribution in [2.75, 3.05) is 12.0 Å². The van der Waals surface area contributed by atoms with Crippen molar-refractivity contribution in [1.82, 2.24) is 9.78 Å². The van der Waals surface area contributed by atoms with E-state index in [9.17, 15) is 22.8 Å². The number of aromatic nitrogens is 2. The predicted octanol–water partition coefficient (Wildman–Crippen LogP) is 7.47. The van der Waals surface area contributed by atoms with Crippen LogP contribution in [0.4, 0.5) is 27.6 Å². The van der Waals surface area contributed by atoms with Gasteiger partial charge in [0.05, 0.1) is 17.9 Å². The molecule has 1 aromatic heterocycles. The Labute approximate surface area is 213 Å². The molecule has 2 aromatic carbocycles. The van der Waals surface area contributed by atoms with Crippen molar-refractivity contribution in [3.63, 3.8) is 0 Å². The van der Waals surface area contributed by atoms with Crippen LogP contribution in [0.25, 0.3) is 5.69 Å². The van der Waals surface area contributed by atoms with Gasteiger partial charge in [-0.05, 0) is 66.8 Å². The van der Waals surface area contributed by atoms with Crippen molar-refractivity contribution in [1.29, 1.82) is 5.26 Å². The zero-order valence-corrected chi connectivity index (χ0v) is 20.9. The number of hydrogen-bond donors (Lipinski definition) is 1. The van der Waals surface area contributed by atoms with Crippen molar-refractivity contribution in [2.45, 2.75) is 57.4 Å². The van der Waals surface area contributed by atoms with Crippen LogP contribution >= 0.6 is 0 Å². The number of alkyl halides is 5. The van der Waals surface area contributed by atoms with Gasteiger partial charge < -0.3 is 5.32 Å². The second-order valence-electron chi connectivity index (χ2n) is 8.87. The van der Waals surface area contributed by atoms with E-state index >= 15 is 4.39 Å². The van der Waals surface area contributed by atoms with Crippen LogP contribution in [0, 0.1) is 18.3 Å². The number of nitrogens with one attached hydrogen (secondary N) is 1. The van der Waals surface area contributed by atoms with Crippen LogP contribution in [0.3, 0.4) is 0 Å². The molecule has 9 heteroatoms. The average Bonchev–Trinajstić information content (AvgIpc) is 3.43. The summed E-state index contributed by atoms with van der Waals surface area (Å²) in [5.41, 5.74) is -0.971. The number of rotatable bonds is 11. The fraction of sp³-hybridized carbons (Fsp3) is 0.357. The van der Waals surface area contributed by atoms with Crippen LogP contribution in [-0.2, 0) is 12.1 Å². The fourth-order valence-corrected chi connectivity index (χ4v) is 4.39. The largest absolute Gasteiger partial charge is 0.378 e. The number of nitriles is 1. The van der Waals surface area contributed by atoms with Crippen LogP contribution in [-0.4, -0.2) is 28.5 Å². The summed E-state index contributed by atoms with van der Waals surface area (Å²) in [4.78, 5) is 0. The maximum atomic E-state index is 15.9. The molecule has 0 saturated carbocycles. The van der Waals surface area contributed by atoms with Gasteiger partial charge in [-0.1, -0.05) is 31.7 Å². The molecule has 0 spiro atoms. The quantitative estimate of drug-likeness (QED) is 0.212. The lowest BCUT2D eigenvalue weighted by Crippen LogP contribution is -2.48. The van der Waals surface area contributed by atoms with Gasteiger partial charge >= 0.3 is 5.92 Å². The third-order valence-corrected chi connectivity index (χ3v) is 6.51. The maximum Gasteiger partial charge on any atom is 0.306 e. The molecule has 4 nitrogen and oxygen atoms in total. The SMILES string of the molecule is C=CC(F)(F)C(F)(c1cc(C)c(NC(C)c2ccc(C#N)c(-n3cccn3)c2)c(CC)c1)C(F)CCF.